The fourth-order valence-corrected chi connectivity index (χ4v) is 2.34. The normalized spacial score (nSPS) is 22.5. The molecule has 4 nitrogen and oxygen atoms in total. The van der Waals surface area contributed by atoms with Crippen LogP contribution in [0, 0.1) is 13.8 Å². The van der Waals surface area contributed by atoms with Gasteiger partial charge in [-0.25, -0.2) is 0 Å². The number of rotatable bonds is 3. The van der Waals surface area contributed by atoms with E-state index >= 15 is 0 Å². The number of nitrogens with zero attached hydrogens (tertiary/aromatic N) is 1. The number of carbonyl (C=O) groups excluding carboxylic acids is 1. The summed E-state index contributed by atoms with van der Waals surface area (Å²) in [6.45, 7) is 4.59. The average Bonchev–Trinajstić information content (AvgIpc) is 2.89. The Morgan fingerprint density at radius 2 is 2.11 bits per heavy atom. The summed E-state index contributed by atoms with van der Waals surface area (Å²) >= 11 is 0. The number of benzene rings is 1. The van der Waals surface area contributed by atoms with Gasteiger partial charge < -0.3 is 15.4 Å². The summed E-state index contributed by atoms with van der Waals surface area (Å²) in [5, 5.41) is 0. The Balaban J connectivity index is 2.08. The molecule has 2 N–H and O–H groups in total. The van der Waals surface area contributed by atoms with Gasteiger partial charge in [-0.1, -0.05) is 6.07 Å². The molecule has 104 valence electrons. The highest BCUT2D eigenvalue weighted by molar-refractivity contribution is 5.96. The number of nitrogens with two attached hydrogens (primary N) is 1. The third-order valence-electron chi connectivity index (χ3n) is 3.85. The lowest BCUT2D eigenvalue weighted by molar-refractivity contribution is -0.128. The molecule has 2 atom stereocenters. The van der Waals surface area contributed by atoms with E-state index < -0.39 is 0 Å². The molecule has 1 heterocycles. The molecule has 1 amide bonds. The standard InChI is InChI=1S/C15H22N2O2/c1-10-4-5-12(8-11(10)2)17(3)15(18)14-7-6-13(9-16)19-14/h4-5,8,13-14H,6-7,9,16H2,1-3H3/t13-,14+/m1/s1. The van der Waals surface area contributed by atoms with Crippen LogP contribution in [0.3, 0.4) is 0 Å². The summed E-state index contributed by atoms with van der Waals surface area (Å²) in [4.78, 5) is 14.0. The number of amides is 1. The highest BCUT2D eigenvalue weighted by Crippen LogP contribution is 2.24. The minimum atomic E-state index is -0.347. The van der Waals surface area contributed by atoms with Crippen LogP contribution in [0.25, 0.3) is 0 Å². The van der Waals surface area contributed by atoms with E-state index in [1.165, 1.54) is 11.1 Å². The maximum absolute atomic E-state index is 12.4. The summed E-state index contributed by atoms with van der Waals surface area (Å²) in [6.07, 6.45) is 1.31. The van der Waals surface area contributed by atoms with Crippen molar-refractivity contribution < 1.29 is 9.53 Å². The van der Waals surface area contributed by atoms with Gasteiger partial charge in [0.2, 0.25) is 0 Å². The van der Waals surface area contributed by atoms with E-state index in [1.807, 2.05) is 25.1 Å². The third kappa shape index (κ3) is 2.96. The van der Waals surface area contributed by atoms with Crippen LogP contribution < -0.4 is 10.6 Å². The van der Waals surface area contributed by atoms with Crippen LogP contribution in [0.4, 0.5) is 5.69 Å². The Kier molecular flexibility index (Phi) is 4.22. The molecule has 0 saturated carbocycles. The van der Waals surface area contributed by atoms with Crippen molar-refractivity contribution >= 4 is 11.6 Å². The van der Waals surface area contributed by atoms with E-state index in [9.17, 15) is 4.79 Å². The van der Waals surface area contributed by atoms with E-state index in [0.29, 0.717) is 6.54 Å². The first-order valence-electron chi connectivity index (χ1n) is 6.73. The van der Waals surface area contributed by atoms with Crippen LogP contribution in [0.5, 0.6) is 0 Å². The molecule has 1 aliphatic heterocycles. The van der Waals surface area contributed by atoms with Gasteiger partial charge in [-0.15, -0.1) is 0 Å². The minimum Gasteiger partial charge on any atom is -0.364 e. The number of hydrogen-bond acceptors (Lipinski definition) is 3. The van der Waals surface area contributed by atoms with Gasteiger partial charge in [0.15, 0.2) is 0 Å². The van der Waals surface area contributed by atoms with Crippen LogP contribution in [0.1, 0.15) is 24.0 Å². The Labute approximate surface area is 114 Å². The van der Waals surface area contributed by atoms with Crippen molar-refractivity contribution in [1.29, 1.82) is 0 Å². The number of ether oxygens (including phenoxy) is 1. The molecule has 0 bridgehead atoms. The zero-order valence-electron chi connectivity index (χ0n) is 11.8. The quantitative estimate of drug-likeness (QED) is 0.903. The summed E-state index contributed by atoms with van der Waals surface area (Å²) in [5.41, 5.74) is 8.89. The van der Waals surface area contributed by atoms with Gasteiger partial charge in [0.25, 0.3) is 5.91 Å². The maximum atomic E-state index is 12.4. The number of hydrogen-bond donors (Lipinski definition) is 1. The first-order valence-corrected chi connectivity index (χ1v) is 6.73. The van der Waals surface area contributed by atoms with Crippen LogP contribution in [-0.2, 0) is 9.53 Å². The zero-order chi connectivity index (χ0) is 14.0. The second kappa shape index (κ2) is 5.72. The smallest absolute Gasteiger partial charge is 0.255 e. The van der Waals surface area contributed by atoms with Crippen molar-refractivity contribution in [3.05, 3.63) is 29.3 Å². The third-order valence-corrected chi connectivity index (χ3v) is 3.85. The van der Waals surface area contributed by atoms with Crippen molar-refractivity contribution in [2.24, 2.45) is 5.73 Å². The molecule has 1 aliphatic rings. The Morgan fingerprint density at radius 3 is 2.68 bits per heavy atom. The minimum absolute atomic E-state index is 0.0132. The molecule has 4 heteroatoms. The molecule has 0 unspecified atom stereocenters. The van der Waals surface area contributed by atoms with Crippen molar-refractivity contribution in [2.75, 3.05) is 18.5 Å². The number of anilines is 1. The molecular weight excluding hydrogens is 240 g/mol. The highest BCUT2D eigenvalue weighted by Gasteiger charge is 2.32. The van der Waals surface area contributed by atoms with Crippen LogP contribution in [0.15, 0.2) is 18.2 Å². The SMILES string of the molecule is Cc1ccc(N(C)C(=O)[C@@H]2CC[C@H](CN)O2)cc1C. The van der Waals surface area contributed by atoms with Crippen LogP contribution in [-0.4, -0.2) is 31.7 Å². The van der Waals surface area contributed by atoms with Gasteiger partial charge in [0, 0.05) is 19.3 Å². The predicted octanol–water partition coefficient (Wildman–Crippen LogP) is 1.77. The monoisotopic (exact) mass is 262 g/mol. The average molecular weight is 262 g/mol. The first-order chi connectivity index (χ1) is 9.02. The first kappa shape index (κ1) is 14.0. The fourth-order valence-electron chi connectivity index (χ4n) is 2.34. The summed E-state index contributed by atoms with van der Waals surface area (Å²) in [7, 11) is 1.80. The molecule has 19 heavy (non-hydrogen) atoms. The van der Waals surface area contributed by atoms with Gasteiger partial charge in [0.1, 0.15) is 6.10 Å². The van der Waals surface area contributed by atoms with Crippen molar-refractivity contribution in [3.8, 4) is 0 Å². The number of carbonyl (C=O) groups is 1. The summed E-state index contributed by atoms with van der Waals surface area (Å²) in [5.74, 6) is 0.0132. The summed E-state index contributed by atoms with van der Waals surface area (Å²) in [6, 6.07) is 6.03. The highest BCUT2D eigenvalue weighted by atomic mass is 16.5. The molecule has 0 aromatic heterocycles. The van der Waals surface area contributed by atoms with Crippen molar-refractivity contribution in [1.82, 2.24) is 0 Å². The van der Waals surface area contributed by atoms with Crippen LogP contribution >= 0.6 is 0 Å². The predicted molar refractivity (Wildman–Crippen MR) is 76.3 cm³/mol. The van der Waals surface area contributed by atoms with E-state index in [0.717, 1.165) is 18.5 Å². The van der Waals surface area contributed by atoms with Gasteiger partial charge in [0.05, 0.1) is 6.10 Å². The van der Waals surface area contributed by atoms with E-state index in [1.54, 1.807) is 11.9 Å². The van der Waals surface area contributed by atoms with Crippen molar-refractivity contribution in [3.63, 3.8) is 0 Å². The van der Waals surface area contributed by atoms with Crippen LogP contribution in [0.2, 0.25) is 0 Å². The second-order valence-electron chi connectivity index (χ2n) is 5.23. The number of aryl methyl sites for hydroxylation is 2. The van der Waals surface area contributed by atoms with Gasteiger partial charge in [-0.2, -0.15) is 0 Å². The molecule has 1 saturated heterocycles. The van der Waals surface area contributed by atoms with Crippen molar-refractivity contribution in [2.45, 2.75) is 38.9 Å². The van der Waals surface area contributed by atoms with E-state index in [2.05, 4.69) is 6.92 Å². The van der Waals surface area contributed by atoms with Gasteiger partial charge in [-0.3, -0.25) is 4.79 Å². The number of likely N-dealkylation sites (N-methyl/N-ethyl adjacent to an activating group) is 1. The summed E-state index contributed by atoms with van der Waals surface area (Å²) < 4.78 is 5.65. The Morgan fingerprint density at radius 1 is 1.37 bits per heavy atom. The Hall–Kier alpha value is -1.39. The lowest BCUT2D eigenvalue weighted by Crippen LogP contribution is -2.37. The Bertz CT molecular complexity index is 473. The van der Waals surface area contributed by atoms with E-state index in [-0.39, 0.29) is 18.1 Å². The lowest BCUT2D eigenvalue weighted by Gasteiger charge is -2.22. The second-order valence-corrected chi connectivity index (χ2v) is 5.23. The maximum Gasteiger partial charge on any atom is 0.255 e. The molecule has 1 aromatic rings. The molecule has 2 rings (SSSR count). The molecule has 0 spiro atoms. The lowest BCUT2D eigenvalue weighted by atomic mass is 10.1. The largest absolute Gasteiger partial charge is 0.364 e. The van der Waals surface area contributed by atoms with Gasteiger partial charge in [-0.05, 0) is 49.9 Å². The molecule has 0 aliphatic carbocycles. The molecular formula is C15H22N2O2. The van der Waals surface area contributed by atoms with Gasteiger partial charge >= 0.3 is 0 Å². The molecule has 1 fully saturated rings. The fraction of sp³-hybridized carbons (Fsp3) is 0.533. The zero-order valence-corrected chi connectivity index (χ0v) is 11.8. The topological polar surface area (TPSA) is 55.6 Å². The molecule has 0 radical (unpaired) electrons. The van der Waals surface area contributed by atoms with E-state index in [4.69, 9.17) is 10.5 Å². The molecule has 1 aromatic carbocycles.